The Morgan fingerprint density at radius 3 is 2.61 bits per heavy atom. The quantitative estimate of drug-likeness (QED) is 0.783. The fourth-order valence-corrected chi connectivity index (χ4v) is 1.88. The molecular weight excluding hydrogens is 220 g/mol. The Hall–Kier alpha value is -1.70. The highest BCUT2D eigenvalue weighted by atomic mass is 14.9. The smallest absolute Gasteiger partial charge is 0.0486 e. The molecule has 98 valence electrons. The third-order valence-electron chi connectivity index (χ3n) is 2.79. The molecule has 1 aliphatic carbocycles. The molecule has 0 bridgehead atoms. The summed E-state index contributed by atoms with van der Waals surface area (Å²) in [4.78, 5) is 0. The molecule has 2 heteroatoms. The largest absolute Gasteiger partial charge is 0.399 e. The van der Waals surface area contributed by atoms with E-state index < -0.39 is 0 Å². The van der Waals surface area contributed by atoms with E-state index in [1.165, 1.54) is 11.3 Å². The van der Waals surface area contributed by atoms with Crippen LogP contribution < -0.4 is 11.1 Å². The average molecular weight is 244 g/mol. The van der Waals surface area contributed by atoms with Crippen molar-refractivity contribution >= 4 is 5.69 Å². The zero-order valence-electron chi connectivity index (χ0n) is 11.6. The van der Waals surface area contributed by atoms with Crippen LogP contribution in [0, 0.1) is 0 Å². The second kappa shape index (κ2) is 7.59. The van der Waals surface area contributed by atoms with E-state index in [-0.39, 0.29) is 6.04 Å². The van der Waals surface area contributed by atoms with Crippen LogP contribution in [0.1, 0.15) is 45.2 Å². The summed E-state index contributed by atoms with van der Waals surface area (Å²) in [5, 5.41) is 3.48. The molecule has 2 rings (SSSR count). The van der Waals surface area contributed by atoms with E-state index in [1.807, 2.05) is 32.0 Å². The van der Waals surface area contributed by atoms with Crippen LogP contribution in [-0.2, 0) is 0 Å². The fourth-order valence-electron chi connectivity index (χ4n) is 1.88. The Balaban J connectivity index is 0.000000771. The minimum Gasteiger partial charge on any atom is -0.399 e. The maximum Gasteiger partial charge on any atom is 0.0486 e. The first kappa shape index (κ1) is 14.4. The SMILES string of the molecule is CC.CC(NC1=CCCC=C1)c1cccc(N)c1. The van der Waals surface area contributed by atoms with E-state index in [2.05, 4.69) is 36.5 Å². The molecule has 2 nitrogen and oxygen atoms in total. The summed E-state index contributed by atoms with van der Waals surface area (Å²) < 4.78 is 0. The van der Waals surface area contributed by atoms with Crippen molar-refractivity contribution in [1.82, 2.24) is 5.32 Å². The monoisotopic (exact) mass is 244 g/mol. The highest BCUT2D eigenvalue weighted by Gasteiger charge is 2.06. The van der Waals surface area contributed by atoms with E-state index in [1.54, 1.807) is 0 Å². The molecule has 0 saturated heterocycles. The van der Waals surface area contributed by atoms with Gasteiger partial charge in [-0.3, -0.25) is 0 Å². The minimum atomic E-state index is 0.289. The van der Waals surface area contributed by atoms with Gasteiger partial charge in [-0.1, -0.05) is 38.1 Å². The molecule has 18 heavy (non-hydrogen) atoms. The van der Waals surface area contributed by atoms with E-state index in [4.69, 9.17) is 5.73 Å². The molecule has 0 spiro atoms. The van der Waals surface area contributed by atoms with Gasteiger partial charge in [0.05, 0.1) is 0 Å². The molecule has 0 radical (unpaired) electrons. The first-order valence-electron chi connectivity index (χ1n) is 6.74. The van der Waals surface area contributed by atoms with Gasteiger partial charge in [-0.15, -0.1) is 0 Å². The highest BCUT2D eigenvalue weighted by Crippen LogP contribution is 2.18. The van der Waals surface area contributed by atoms with Gasteiger partial charge >= 0.3 is 0 Å². The Labute approximate surface area is 111 Å². The molecule has 0 amide bonds. The minimum absolute atomic E-state index is 0.289. The van der Waals surface area contributed by atoms with Crippen molar-refractivity contribution in [2.45, 2.75) is 39.7 Å². The zero-order chi connectivity index (χ0) is 13.4. The number of allylic oxidation sites excluding steroid dienone is 3. The van der Waals surface area contributed by atoms with Crippen LogP contribution in [0.5, 0.6) is 0 Å². The summed E-state index contributed by atoms with van der Waals surface area (Å²) in [5.74, 6) is 0. The van der Waals surface area contributed by atoms with Crippen LogP contribution in [0.3, 0.4) is 0 Å². The number of nitrogen functional groups attached to an aromatic ring is 1. The predicted molar refractivity (Wildman–Crippen MR) is 80.2 cm³/mol. The van der Waals surface area contributed by atoms with Crippen molar-refractivity contribution in [3.05, 3.63) is 53.8 Å². The van der Waals surface area contributed by atoms with Gasteiger partial charge in [0, 0.05) is 17.4 Å². The lowest BCUT2D eigenvalue weighted by atomic mass is 10.1. The van der Waals surface area contributed by atoms with Crippen molar-refractivity contribution in [3.8, 4) is 0 Å². The molecule has 1 aromatic rings. The first-order chi connectivity index (χ1) is 8.75. The Morgan fingerprint density at radius 2 is 2.00 bits per heavy atom. The molecule has 0 aliphatic heterocycles. The lowest BCUT2D eigenvalue weighted by Gasteiger charge is -2.18. The van der Waals surface area contributed by atoms with Gasteiger partial charge in [-0.05, 0) is 43.5 Å². The van der Waals surface area contributed by atoms with Crippen LogP contribution in [-0.4, -0.2) is 0 Å². The van der Waals surface area contributed by atoms with Gasteiger partial charge in [0.1, 0.15) is 0 Å². The lowest BCUT2D eigenvalue weighted by Crippen LogP contribution is -2.17. The van der Waals surface area contributed by atoms with Gasteiger partial charge < -0.3 is 11.1 Å². The van der Waals surface area contributed by atoms with Crippen LogP contribution in [0.4, 0.5) is 5.69 Å². The van der Waals surface area contributed by atoms with E-state index in [0.29, 0.717) is 0 Å². The summed E-state index contributed by atoms with van der Waals surface area (Å²) >= 11 is 0. The number of anilines is 1. The summed E-state index contributed by atoms with van der Waals surface area (Å²) in [5.41, 5.74) is 9.02. The fraction of sp³-hybridized carbons (Fsp3) is 0.375. The Morgan fingerprint density at radius 1 is 1.22 bits per heavy atom. The van der Waals surface area contributed by atoms with Gasteiger partial charge in [-0.25, -0.2) is 0 Å². The summed E-state index contributed by atoms with van der Waals surface area (Å²) in [6.07, 6.45) is 8.86. The molecule has 0 fully saturated rings. The number of rotatable bonds is 3. The molecule has 0 aromatic heterocycles. The number of hydrogen-bond acceptors (Lipinski definition) is 2. The van der Waals surface area contributed by atoms with E-state index in [0.717, 1.165) is 18.5 Å². The molecule has 1 aromatic carbocycles. The molecule has 1 atom stereocenters. The van der Waals surface area contributed by atoms with Crippen LogP contribution in [0.15, 0.2) is 48.2 Å². The molecule has 1 aliphatic rings. The van der Waals surface area contributed by atoms with Gasteiger partial charge in [0.25, 0.3) is 0 Å². The number of benzene rings is 1. The second-order valence-corrected chi connectivity index (χ2v) is 4.18. The van der Waals surface area contributed by atoms with Gasteiger partial charge in [0.15, 0.2) is 0 Å². The van der Waals surface area contributed by atoms with E-state index in [9.17, 15) is 0 Å². The molecule has 3 N–H and O–H groups in total. The number of nitrogens with one attached hydrogen (secondary N) is 1. The van der Waals surface area contributed by atoms with Crippen molar-refractivity contribution < 1.29 is 0 Å². The summed E-state index contributed by atoms with van der Waals surface area (Å²) in [7, 11) is 0. The lowest BCUT2D eigenvalue weighted by molar-refractivity contribution is 0.659. The average Bonchev–Trinajstić information content (AvgIpc) is 2.42. The Kier molecular flexibility index (Phi) is 6.06. The number of hydrogen-bond donors (Lipinski definition) is 2. The Bertz CT molecular complexity index is 419. The highest BCUT2D eigenvalue weighted by molar-refractivity contribution is 5.42. The topological polar surface area (TPSA) is 38.0 Å². The van der Waals surface area contributed by atoms with Crippen LogP contribution >= 0.6 is 0 Å². The molecule has 1 unspecified atom stereocenters. The van der Waals surface area contributed by atoms with Crippen molar-refractivity contribution in [2.75, 3.05) is 5.73 Å². The normalized spacial score (nSPS) is 15.2. The van der Waals surface area contributed by atoms with E-state index >= 15 is 0 Å². The van der Waals surface area contributed by atoms with Crippen molar-refractivity contribution in [3.63, 3.8) is 0 Å². The second-order valence-electron chi connectivity index (χ2n) is 4.18. The maximum absolute atomic E-state index is 5.77. The predicted octanol–water partition coefficient (Wildman–Crippen LogP) is 4.18. The third kappa shape index (κ3) is 4.28. The first-order valence-corrected chi connectivity index (χ1v) is 6.74. The molecular formula is C16H24N2. The molecule has 0 saturated carbocycles. The van der Waals surface area contributed by atoms with Gasteiger partial charge in [0.2, 0.25) is 0 Å². The van der Waals surface area contributed by atoms with Crippen LogP contribution in [0.2, 0.25) is 0 Å². The van der Waals surface area contributed by atoms with Crippen molar-refractivity contribution in [2.24, 2.45) is 0 Å². The zero-order valence-corrected chi connectivity index (χ0v) is 11.6. The number of nitrogens with two attached hydrogens (primary N) is 1. The molecule has 0 heterocycles. The summed E-state index contributed by atoms with van der Waals surface area (Å²) in [6, 6.07) is 8.31. The van der Waals surface area contributed by atoms with Crippen LogP contribution in [0.25, 0.3) is 0 Å². The standard InChI is InChI=1S/C14H18N2.C2H6/c1-11(12-6-5-7-13(15)10-12)16-14-8-3-2-4-9-14;1-2/h3,5-11,16H,2,4,15H2,1H3;1-2H3. The maximum atomic E-state index is 5.77. The third-order valence-corrected chi connectivity index (χ3v) is 2.79. The van der Waals surface area contributed by atoms with Crippen molar-refractivity contribution in [1.29, 1.82) is 0 Å². The van der Waals surface area contributed by atoms with Gasteiger partial charge in [-0.2, -0.15) is 0 Å². The summed E-state index contributed by atoms with van der Waals surface area (Å²) in [6.45, 7) is 6.15.